The van der Waals surface area contributed by atoms with Crippen molar-refractivity contribution in [2.75, 3.05) is 18.6 Å². The van der Waals surface area contributed by atoms with Crippen LogP contribution in [0.25, 0.3) is 0 Å². The van der Waals surface area contributed by atoms with Crippen molar-refractivity contribution in [2.24, 2.45) is 5.73 Å². The van der Waals surface area contributed by atoms with Crippen molar-refractivity contribution in [2.45, 2.75) is 25.9 Å². The van der Waals surface area contributed by atoms with Gasteiger partial charge in [-0.15, -0.1) is 0 Å². The Balaban J connectivity index is 3.05. The van der Waals surface area contributed by atoms with Crippen molar-refractivity contribution in [1.29, 1.82) is 0 Å². The first-order valence-corrected chi connectivity index (χ1v) is 4.87. The van der Waals surface area contributed by atoms with Gasteiger partial charge < -0.3 is 15.7 Å². The Morgan fingerprint density at radius 3 is 2.53 bits per heavy atom. The number of hydrogen-bond donors (Lipinski definition) is 2. The van der Waals surface area contributed by atoms with Crippen LogP contribution in [0.3, 0.4) is 0 Å². The van der Waals surface area contributed by atoms with E-state index in [1.807, 2.05) is 25.8 Å². The van der Waals surface area contributed by atoms with Gasteiger partial charge in [-0.2, -0.15) is 0 Å². The zero-order valence-corrected chi connectivity index (χ0v) is 9.44. The van der Waals surface area contributed by atoms with Gasteiger partial charge in [-0.25, -0.2) is 4.98 Å². The quantitative estimate of drug-likeness (QED) is 0.739. The molecule has 0 aliphatic heterocycles. The van der Waals surface area contributed by atoms with E-state index in [4.69, 9.17) is 5.73 Å². The number of hydrogen-bond acceptors (Lipinski definition) is 5. The minimum absolute atomic E-state index is 0.0457. The molecular weight excluding hydrogens is 192 g/mol. The number of likely N-dealkylation sites (N-methyl/N-ethyl adjacent to an activating group) is 1. The maximum atomic E-state index is 9.27. The van der Waals surface area contributed by atoms with E-state index in [1.165, 1.54) is 0 Å². The average Bonchev–Trinajstić information content (AvgIpc) is 2.28. The molecule has 0 unspecified atom stereocenters. The van der Waals surface area contributed by atoms with Crippen molar-refractivity contribution in [3.8, 4) is 0 Å². The standard InChI is InChI=1S/C10H18N4O/c1-10(2,7-15)14(3)9-8(6-11)12-4-5-13-9/h4-5,15H,6-7,11H2,1-3H3. The number of aliphatic hydroxyl groups excluding tert-OH is 1. The molecule has 5 heteroatoms. The van der Waals surface area contributed by atoms with Crippen molar-refractivity contribution in [1.82, 2.24) is 9.97 Å². The van der Waals surface area contributed by atoms with E-state index in [0.717, 1.165) is 11.5 Å². The van der Waals surface area contributed by atoms with Gasteiger partial charge in [0.05, 0.1) is 17.8 Å². The molecule has 84 valence electrons. The van der Waals surface area contributed by atoms with Crippen molar-refractivity contribution in [3.63, 3.8) is 0 Å². The predicted octanol–water partition coefficient (Wildman–Crippen LogP) is 0.142. The van der Waals surface area contributed by atoms with Gasteiger partial charge in [0.1, 0.15) is 0 Å². The molecule has 0 aliphatic rings. The number of aliphatic hydroxyl groups is 1. The number of nitrogens with zero attached hydrogens (tertiary/aromatic N) is 3. The van der Waals surface area contributed by atoms with E-state index in [-0.39, 0.29) is 12.1 Å². The van der Waals surface area contributed by atoms with E-state index in [0.29, 0.717) is 6.54 Å². The zero-order valence-electron chi connectivity index (χ0n) is 9.44. The van der Waals surface area contributed by atoms with Crippen LogP contribution in [-0.2, 0) is 6.54 Å². The lowest BCUT2D eigenvalue weighted by molar-refractivity contribution is 0.215. The molecule has 0 fully saturated rings. The molecule has 1 heterocycles. The summed E-state index contributed by atoms with van der Waals surface area (Å²) in [5.41, 5.74) is 5.94. The Morgan fingerprint density at radius 2 is 2.00 bits per heavy atom. The Hall–Kier alpha value is -1.20. The van der Waals surface area contributed by atoms with Crippen LogP contribution in [0.4, 0.5) is 5.82 Å². The lowest BCUT2D eigenvalue weighted by Crippen LogP contribution is -2.45. The predicted molar refractivity (Wildman–Crippen MR) is 59.5 cm³/mol. The lowest BCUT2D eigenvalue weighted by Gasteiger charge is -2.35. The highest BCUT2D eigenvalue weighted by Gasteiger charge is 2.25. The Kier molecular flexibility index (Phi) is 3.60. The van der Waals surface area contributed by atoms with Crippen LogP contribution < -0.4 is 10.6 Å². The van der Waals surface area contributed by atoms with Crippen LogP contribution >= 0.6 is 0 Å². The lowest BCUT2D eigenvalue weighted by atomic mass is 10.1. The highest BCUT2D eigenvalue weighted by Crippen LogP contribution is 2.21. The van der Waals surface area contributed by atoms with Gasteiger partial charge >= 0.3 is 0 Å². The fourth-order valence-corrected chi connectivity index (χ4v) is 1.18. The highest BCUT2D eigenvalue weighted by molar-refractivity contribution is 5.44. The van der Waals surface area contributed by atoms with E-state index in [2.05, 4.69) is 9.97 Å². The summed E-state index contributed by atoms with van der Waals surface area (Å²) in [7, 11) is 1.87. The van der Waals surface area contributed by atoms with Gasteiger partial charge in [-0.1, -0.05) is 0 Å². The van der Waals surface area contributed by atoms with Crippen LogP contribution in [0.2, 0.25) is 0 Å². The summed E-state index contributed by atoms with van der Waals surface area (Å²) < 4.78 is 0. The summed E-state index contributed by atoms with van der Waals surface area (Å²) in [6.07, 6.45) is 3.24. The van der Waals surface area contributed by atoms with Gasteiger partial charge in [0.2, 0.25) is 0 Å². The molecule has 0 radical (unpaired) electrons. The number of rotatable bonds is 4. The third-order valence-electron chi connectivity index (χ3n) is 2.56. The largest absolute Gasteiger partial charge is 0.394 e. The Morgan fingerprint density at radius 1 is 1.40 bits per heavy atom. The second-order valence-electron chi connectivity index (χ2n) is 4.06. The minimum atomic E-state index is -0.375. The summed E-state index contributed by atoms with van der Waals surface area (Å²) in [4.78, 5) is 10.3. The molecule has 3 N–H and O–H groups in total. The molecule has 0 atom stereocenters. The molecule has 0 saturated carbocycles. The average molecular weight is 210 g/mol. The first kappa shape index (κ1) is 11.9. The third kappa shape index (κ3) is 2.43. The first-order chi connectivity index (χ1) is 7.03. The van der Waals surface area contributed by atoms with Crippen LogP contribution in [0.1, 0.15) is 19.5 Å². The third-order valence-corrected chi connectivity index (χ3v) is 2.56. The molecule has 0 aromatic carbocycles. The maximum Gasteiger partial charge on any atom is 0.151 e. The van der Waals surface area contributed by atoms with E-state index >= 15 is 0 Å². The van der Waals surface area contributed by atoms with E-state index in [1.54, 1.807) is 12.4 Å². The fraction of sp³-hybridized carbons (Fsp3) is 0.600. The molecule has 1 rings (SSSR count). The summed E-state index contributed by atoms with van der Waals surface area (Å²) in [5, 5.41) is 9.27. The topological polar surface area (TPSA) is 75.3 Å². The van der Waals surface area contributed by atoms with Crippen molar-refractivity contribution in [3.05, 3.63) is 18.1 Å². The van der Waals surface area contributed by atoms with Gasteiger partial charge in [0, 0.05) is 26.0 Å². The summed E-state index contributed by atoms with van der Waals surface area (Å²) in [6.45, 7) is 4.25. The zero-order chi connectivity index (χ0) is 11.5. The van der Waals surface area contributed by atoms with Crippen LogP contribution in [-0.4, -0.2) is 34.3 Å². The summed E-state index contributed by atoms with van der Waals surface area (Å²) >= 11 is 0. The molecule has 0 spiro atoms. The summed E-state index contributed by atoms with van der Waals surface area (Å²) in [6, 6.07) is 0. The molecule has 1 aromatic rings. The smallest absolute Gasteiger partial charge is 0.151 e. The molecule has 5 nitrogen and oxygen atoms in total. The summed E-state index contributed by atoms with van der Waals surface area (Å²) in [5.74, 6) is 0.721. The molecule has 0 saturated heterocycles. The van der Waals surface area contributed by atoms with E-state index in [9.17, 15) is 5.11 Å². The number of anilines is 1. The SMILES string of the molecule is CN(c1nccnc1CN)C(C)(C)CO. The molecule has 15 heavy (non-hydrogen) atoms. The maximum absolute atomic E-state index is 9.27. The second kappa shape index (κ2) is 4.55. The minimum Gasteiger partial charge on any atom is -0.394 e. The van der Waals surface area contributed by atoms with Gasteiger partial charge in [0.15, 0.2) is 5.82 Å². The fourth-order valence-electron chi connectivity index (χ4n) is 1.18. The first-order valence-electron chi connectivity index (χ1n) is 4.87. The normalized spacial score (nSPS) is 11.5. The molecule has 1 aromatic heterocycles. The molecule has 0 bridgehead atoms. The Bertz CT molecular complexity index is 327. The van der Waals surface area contributed by atoms with Crippen molar-refractivity contribution < 1.29 is 5.11 Å². The van der Waals surface area contributed by atoms with Gasteiger partial charge in [-0.05, 0) is 13.8 Å². The number of aromatic nitrogens is 2. The molecular formula is C10H18N4O. The number of nitrogens with two attached hydrogens (primary N) is 1. The molecule has 0 aliphatic carbocycles. The van der Waals surface area contributed by atoms with Crippen LogP contribution in [0.15, 0.2) is 12.4 Å². The van der Waals surface area contributed by atoms with Crippen LogP contribution in [0.5, 0.6) is 0 Å². The Labute approximate surface area is 90.0 Å². The van der Waals surface area contributed by atoms with Gasteiger partial charge in [-0.3, -0.25) is 4.98 Å². The van der Waals surface area contributed by atoms with E-state index < -0.39 is 0 Å². The van der Waals surface area contributed by atoms with Crippen molar-refractivity contribution >= 4 is 5.82 Å². The second-order valence-corrected chi connectivity index (χ2v) is 4.06. The molecule has 0 amide bonds. The highest BCUT2D eigenvalue weighted by atomic mass is 16.3. The van der Waals surface area contributed by atoms with Crippen LogP contribution in [0, 0.1) is 0 Å². The monoisotopic (exact) mass is 210 g/mol. The van der Waals surface area contributed by atoms with Gasteiger partial charge in [0.25, 0.3) is 0 Å².